The molecule has 2 aliphatic rings. The van der Waals surface area contributed by atoms with Crippen LogP contribution < -0.4 is 15.0 Å². The summed E-state index contributed by atoms with van der Waals surface area (Å²) in [7, 11) is 0. The fourth-order valence-electron chi connectivity index (χ4n) is 4.48. The monoisotopic (exact) mass is 470 g/mol. The number of nitrogens with one attached hydrogen (secondary N) is 1. The number of aromatic nitrogens is 1. The minimum absolute atomic E-state index is 0.00853. The predicted molar refractivity (Wildman–Crippen MR) is 131 cm³/mol. The Morgan fingerprint density at radius 3 is 2.74 bits per heavy atom. The Balaban J connectivity index is 1.30. The second-order valence-electron chi connectivity index (χ2n) is 9.06. The van der Waals surface area contributed by atoms with Crippen molar-refractivity contribution in [2.75, 3.05) is 56.2 Å². The van der Waals surface area contributed by atoms with Crippen molar-refractivity contribution in [2.45, 2.75) is 45.1 Å². The molecule has 0 spiro atoms. The number of halogens is 1. The average Bonchev–Trinajstić information content (AvgIpc) is 3.32. The van der Waals surface area contributed by atoms with Crippen molar-refractivity contribution in [1.29, 1.82) is 0 Å². The average molecular weight is 471 g/mol. The van der Waals surface area contributed by atoms with Crippen LogP contribution >= 0.6 is 0 Å². The highest BCUT2D eigenvalue weighted by Gasteiger charge is 2.27. The van der Waals surface area contributed by atoms with Crippen LogP contribution in [0.1, 0.15) is 44.6 Å². The fraction of sp³-hybridized carbons (Fsp3) is 0.538. The quantitative estimate of drug-likeness (QED) is 0.596. The van der Waals surface area contributed by atoms with Gasteiger partial charge in [0.1, 0.15) is 11.9 Å². The van der Waals surface area contributed by atoms with Crippen LogP contribution in [0.2, 0.25) is 0 Å². The van der Waals surface area contributed by atoms with Gasteiger partial charge in [0.05, 0.1) is 25.4 Å². The maximum absolute atomic E-state index is 14.9. The van der Waals surface area contributed by atoms with Crippen molar-refractivity contribution >= 4 is 17.4 Å². The van der Waals surface area contributed by atoms with Crippen LogP contribution in [0.15, 0.2) is 36.5 Å². The third kappa shape index (κ3) is 5.97. The van der Waals surface area contributed by atoms with E-state index in [0.717, 1.165) is 30.7 Å². The van der Waals surface area contributed by atoms with Gasteiger partial charge in [0.15, 0.2) is 11.6 Å². The fourth-order valence-corrected chi connectivity index (χ4v) is 4.48. The first-order chi connectivity index (χ1) is 16.5. The van der Waals surface area contributed by atoms with Gasteiger partial charge in [-0.3, -0.25) is 4.79 Å². The van der Waals surface area contributed by atoms with Crippen LogP contribution in [0.4, 0.5) is 15.9 Å². The molecule has 2 fully saturated rings. The Bertz CT molecular complexity index is 950. The lowest BCUT2D eigenvalue weighted by molar-refractivity contribution is -0.135. The van der Waals surface area contributed by atoms with Gasteiger partial charge >= 0.3 is 0 Å². The molecule has 1 aromatic carbocycles. The van der Waals surface area contributed by atoms with E-state index in [1.165, 1.54) is 0 Å². The van der Waals surface area contributed by atoms with Crippen molar-refractivity contribution in [3.05, 3.63) is 47.9 Å². The number of pyridine rings is 1. The lowest BCUT2D eigenvalue weighted by Crippen LogP contribution is -2.41. The summed E-state index contributed by atoms with van der Waals surface area (Å²) in [5.74, 6) is 1.11. The third-order valence-electron chi connectivity index (χ3n) is 6.49. The lowest BCUT2D eigenvalue weighted by atomic mass is 9.97. The molecule has 0 aliphatic carbocycles. The van der Waals surface area contributed by atoms with Crippen LogP contribution in [0.5, 0.6) is 5.75 Å². The molecular weight excluding hydrogens is 435 g/mol. The minimum atomic E-state index is -0.304. The summed E-state index contributed by atoms with van der Waals surface area (Å²) in [5.41, 5.74) is 1.68. The summed E-state index contributed by atoms with van der Waals surface area (Å²) in [4.78, 5) is 20.6. The Labute approximate surface area is 201 Å². The molecule has 0 saturated carbocycles. The maximum atomic E-state index is 14.9. The molecule has 2 saturated heterocycles. The van der Waals surface area contributed by atoms with Gasteiger partial charge in [-0.05, 0) is 36.1 Å². The molecule has 4 rings (SSSR count). The summed E-state index contributed by atoms with van der Waals surface area (Å²) < 4.78 is 26.4. The maximum Gasteiger partial charge on any atom is 0.223 e. The summed E-state index contributed by atoms with van der Waals surface area (Å²) in [6.45, 7) is 8.76. The molecule has 1 unspecified atom stereocenters. The summed E-state index contributed by atoms with van der Waals surface area (Å²) in [6.07, 6.45) is 3.86. The topological polar surface area (TPSA) is 66.9 Å². The molecular formula is C26H35FN4O3. The van der Waals surface area contributed by atoms with Gasteiger partial charge in [0.25, 0.3) is 0 Å². The second-order valence-corrected chi connectivity index (χ2v) is 9.06. The zero-order chi connectivity index (χ0) is 23.9. The van der Waals surface area contributed by atoms with E-state index in [1.54, 1.807) is 12.3 Å². The number of amides is 1. The molecule has 1 N–H and O–H groups in total. The molecule has 2 aromatic rings. The van der Waals surface area contributed by atoms with E-state index in [-0.39, 0.29) is 23.7 Å². The van der Waals surface area contributed by atoms with E-state index in [4.69, 9.17) is 9.47 Å². The van der Waals surface area contributed by atoms with E-state index in [2.05, 4.69) is 17.2 Å². The number of nitrogens with zero attached hydrogens (tertiary/aromatic N) is 3. The third-order valence-corrected chi connectivity index (χ3v) is 6.49. The molecule has 1 aromatic heterocycles. The number of anilines is 2. The molecule has 0 bridgehead atoms. The standard InChI is InChI=1S/C26H35FN4O3/c1-3-10-28-26-25(27)23(8-11-29-26)31-12-9-22(18-31)34-21-6-4-20(5-7-21)19(2)17-24(32)30-13-15-33-16-14-30/h4-8,11,19,22H,3,9-10,12-18H2,1-2H3,(H,28,29)/t19-,22?/m1/s1. The van der Waals surface area contributed by atoms with E-state index in [0.29, 0.717) is 57.3 Å². The highest BCUT2D eigenvalue weighted by Crippen LogP contribution is 2.29. The van der Waals surface area contributed by atoms with Crippen molar-refractivity contribution < 1.29 is 18.7 Å². The number of carbonyl (C=O) groups excluding carboxylic acids is 1. The molecule has 0 radical (unpaired) electrons. The van der Waals surface area contributed by atoms with Crippen molar-refractivity contribution in [1.82, 2.24) is 9.88 Å². The first-order valence-electron chi connectivity index (χ1n) is 12.3. The van der Waals surface area contributed by atoms with Gasteiger partial charge in [0.2, 0.25) is 5.91 Å². The number of ether oxygens (including phenoxy) is 2. The molecule has 7 nitrogen and oxygen atoms in total. The van der Waals surface area contributed by atoms with Gasteiger partial charge in [-0.25, -0.2) is 9.37 Å². The number of hydrogen-bond donors (Lipinski definition) is 1. The van der Waals surface area contributed by atoms with Crippen LogP contribution in [0.25, 0.3) is 0 Å². The van der Waals surface area contributed by atoms with Gasteiger partial charge in [0, 0.05) is 45.2 Å². The Hall–Kier alpha value is -2.87. The number of benzene rings is 1. The molecule has 2 aliphatic heterocycles. The molecule has 184 valence electrons. The second kappa shape index (κ2) is 11.5. The van der Waals surface area contributed by atoms with Crippen molar-refractivity contribution in [2.24, 2.45) is 0 Å². The molecule has 34 heavy (non-hydrogen) atoms. The predicted octanol–water partition coefficient (Wildman–Crippen LogP) is 4.05. The Kier molecular flexibility index (Phi) is 8.21. The van der Waals surface area contributed by atoms with Crippen molar-refractivity contribution in [3.8, 4) is 5.75 Å². The first-order valence-corrected chi connectivity index (χ1v) is 12.3. The van der Waals surface area contributed by atoms with Gasteiger partial charge in [-0.1, -0.05) is 26.0 Å². The number of hydrogen-bond acceptors (Lipinski definition) is 6. The highest BCUT2D eigenvalue weighted by atomic mass is 19.1. The highest BCUT2D eigenvalue weighted by molar-refractivity contribution is 5.77. The van der Waals surface area contributed by atoms with Crippen LogP contribution in [0, 0.1) is 5.82 Å². The summed E-state index contributed by atoms with van der Waals surface area (Å²) in [6, 6.07) is 9.73. The van der Waals surface area contributed by atoms with Crippen LogP contribution in [0.3, 0.4) is 0 Å². The van der Waals surface area contributed by atoms with Crippen LogP contribution in [-0.2, 0) is 9.53 Å². The van der Waals surface area contributed by atoms with Gasteiger partial charge in [-0.15, -0.1) is 0 Å². The van der Waals surface area contributed by atoms with Crippen molar-refractivity contribution in [3.63, 3.8) is 0 Å². The lowest BCUT2D eigenvalue weighted by Gasteiger charge is -2.28. The minimum Gasteiger partial charge on any atom is -0.489 e. The van der Waals surface area contributed by atoms with Crippen LogP contribution in [-0.4, -0.2) is 67.8 Å². The zero-order valence-corrected chi connectivity index (χ0v) is 20.1. The summed E-state index contributed by atoms with van der Waals surface area (Å²) >= 11 is 0. The molecule has 1 amide bonds. The molecule has 8 heteroatoms. The van der Waals surface area contributed by atoms with E-state index >= 15 is 0 Å². The number of morpholine rings is 1. The summed E-state index contributed by atoms with van der Waals surface area (Å²) in [5, 5.41) is 3.05. The van der Waals surface area contributed by atoms with Gasteiger partial charge < -0.3 is 24.6 Å². The molecule has 2 atom stereocenters. The number of rotatable bonds is 9. The Morgan fingerprint density at radius 1 is 1.24 bits per heavy atom. The first kappa shape index (κ1) is 24.3. The number of carbonyl (C=O) groups is 1. The van der Waals surface area contributed by atoms with Gasteiger partial charge in [-0.2, -0.15) is 0 Å². The largest absolute Gasteiger partial charge is 0.489 e. The van der Waals surface area contributed by atoms with E-state index in [1.807, 2.05) is 41.0 Å². The SMILES string of the molecule is CCCNc1nccc(N2CCC(Oc3ccc([C@H](C)CC(=O)N4CCOCC4)cc3)C2)c1F. The smallest absolute Gasteiger partial charge is 0.223 e. The zero-order valence-electron chi connectivity index (χ0n) is 20.1. The van der Waals surface area contributed by atoms with E-state index in [9.17, 15) is 9.18 Å². The van der Waals surface area contributed by atoms with E-state index < -0.39 is 0 Å². The molecule has 3 heterocycles. The normalized spacial score (nSPS) is 19.2. The Morgan fingerprint density at radius 2 is 2.00 bits per heavy atom.